The Hall–Kier alpha value is -1.63. The minimum Gasteiger partial charge on any atom is -0.206 e. The van der Waals surface area contributed by atoms with Crippen LogP contribution in [0.3, 0.4) is 0 Å². The first kappa shape index (κ1) is 17.1. The lowest BCUT2D eigenvalue weighted by Gasteiger charge is -2.28. The van der Waals surface area contributed by atoms with Gasteiger partial charge in [0.2, 0.25) is 0 Å². The van der Waals surface area contributed by atoms with Crippen LogP contribution in [-0.2, 0) is 12.8 Å². The van der Waals surface area contributed by atoms with E-state index in [1.165, 1.54) is 51.4 Å². The van der Waals surface area contributed by atoms with E-state index in [0.717, 1.165) is 30.7 Å². The van der Waals surface area contributed by atoms with Crippen molar-refractivity contribution in [3.8, 4) is 11.1 Å². The molecule has 158 valence electrons. The van der Waals surface area contributed by atoms with Crippen molar-refractivity contribution < 1.29 is 9.87 Å². The van der Waals surface area contributed by atoms with Gasteiger partial charge in [-0.05, 0) is 53.8 Å². The Morgan fingerprint density at radius 2 is 1.59 bits per heavy atom. The van der Waals surface area contributed by atoms with Crippen LogP contribution in [0, 0.1) is 17.7 Å². The van der Waals surface area contributed by atoms with Gasteiger partial charge in [-0.25, -0.2) is 4.39 Å². The Kier molecular flexibility index (Phi) is 6.79. The van der Waals surface area contributed by atoms with Gasteiger partial charge in [0.25, 0.3) is 0 Å². The molecule has 0 N–H and O–H groups in total. The first-order valence-corrected chi connectivity index (χ1v) is 11.7. The SMILES string of the molecule is [2H]c1cc(CCC)ccc1-c1c([2H])c([2H])c(CCC2CCC(CCCCC)CC2)c([2H])c1F. The van der Waals surface area contributed by atoms with Crippen molar-refractivity contribution in [2.75, 3.05) is 0 Å². The molecule has 0 atom stereocenters. The van der Waals surface area contributed by atoms with Crippen LogP contribution in [0.5, 0.6) is 0 Å². The summed E-state index contributed by atoms with van der Waals surface area (Å²) in [6.07, 6.45) is 13.3. The number of halogens is 1. The lowest BCUT2D eigenvalue weighted by atomic mass is 9.78. The smallest absolute Gasteiger partial charge is 0.131 e. The molecule has 1 fully saturated rings. The van der Waals surface area contributed by atoms with Crippen molar-refractivity contribution in [3.05, 3.63) is 59.3 Å². The monoisotopic (exact) mass is 398 g/mol. The van der Waals surface area contributed by atoms with Crippen LogP contribution in [0.15, 0.2) is 42.4 Å². The van der Waals surface area contributed by atoms with Gasteiger partial charge >= 0.3 is 0 Å². The van der Waals surface area contributed by atoms with Gasteiger partial charge in [-0.2, -0.15) is 0 Å². The second-order valence-corrected chi connectivity index (χ2v) is 8.82. The fourth-order valence-corrected chi connectivity index (χ4v) is 4.63. The van der Waals surface area contributed by atoms with E-state index in [1.807, 2.05) is 6.07 Å². The molecule has 0 aliphatic heterocycles. The van der Waals surface area contributed by atoms with E-state index in [0.29, 0.717) is 23.5 Å². The van der Waals surface area contributed by atoms with Gasteiger partial charge < -0.3 is 0 Å². The topological polar surface area (TPSA) is 0 Å². The zero-order valence-corrected chi connectivity index (χ0v) is 18.2. The maximum Gasteiger partial charge on any atom is 0.131 e. The van der Waals surface area contributed by atoms with E-state index < -0.39 is 5.82 Å². The molecule has 0 bridgehead atoms. The average Bonchev–Trinajstić information content (AvgIpc) is 2.80. The second kappa shape index (κ2) is 11.5. The minimum atomic E-state index is -0.762. The molecule has 0 spiro atoms. The summed E-state index contributed by atoms with van der Waals surface area (Å²) in [5.41, 5.74) is 1.58. The summed E-state index contributed by atoms with van der Waals surface area (Å²) in [6.45, 7) is 4.31. The van der Waals surface area contributed by atoms with Crippen LogP contribution in [0.2, 0.25) is 0 Å². The summed E-state index contributed by atoms with van der Waals surface area (Å²) in [7, 11) is 0. The second-order valence-electron chi connectivity index (χ2n) is 8.82. The maximum atomic E-state index is 15.3. The molecule has 1 aliphatic carbocycles. The minimum absolute atomic E-state index is 0.0540. The average molecular weight is 399 g/mol. The standard InChI is InChI=1S/C28H39F/c1-3-5-6-8-23-9-11-24(12-10-23)13-14-25-17-20-27(28(29)21-25)26-18-15-22(7-4-2)16-19-26/h15-21,23-24H,3-14H2,1-2H3/i17D,18D,20D,21D. The van der Waals surface area contributed by atoms with Crippen LogP contribution in [0.1, 0.15) is 94.7 Å². The molecule has 0 amide bonds. The number of aryl methyl sites for hydroxylation is 1. The van der Waals surface area contributed by atoms with Crippen LogP contribution < -0.4 is 0 Å². The summed E-state index contributed by atoms with van der Waals surface area (Å²) in [4.78, 5) is 0. The van der Waals surface area contributed by atoms with E-state index in [9.17, 15) is 0 Å². The number of benzene rings is 2. The summed E-state index contributed by atoms with van der Waals surface area (Å²) >= 11 is 0. The highest BCUT2D eigenvalue weighted by Gasteiger charge is 2.20. The van der Waals surface area contributed by atoms with Gasteiger partial charge in [0.15, 0.2) is 0 Å². The Morgan fingerprint density at radius 1 is 0.828 bits per heavy atom. The van der Waals surface area contributed by atoms with Crippen molar-refractivity contribution >= 4 is 0 Å². The summed E-state index contributed by atoms with van der Waals surface area (Å²) in [5.74, 6) is 0.641. The van der Waals surface area contributed by atoms with E-state index in [-0.39, 0.29) is 29.7 Å². The normalized spacial score (nSPS) is 21.3. The lowest BCUT2D eigenvalue weighted by Crippen LogP contribution is -2.15. The van der Waals surface area contributed by atoms with Gasteiger partial charge in [-0.3, -0.25) is 0 Å². The molecule has 0 aromatic heterocycles. The van der Waals surface area contributed by atoms with E-state index >= 15 is 4.39 Å². The molecule has 0 unspecified atom stereocenters. The van der Waals surface area contributed by atoms with Gasteiger partial charge in [-0.15, -0.1) is 0 Å². The summed E-state index contributed by atoms with van der Waals surface area (Å²) < 4.78 is 49.0. The fraction of sp³-hybridized carbons (Fsp3) is 0.571. The lowest BCUT2D eigenvalue weighted by molar-refractivity contribution is 0.249. The van der Waals surface area contributed by atoms with E-state index in [4.69, 9.17) is 5.48 Å². The molecule has 2 aromatic rings. The molecule has 3 rings (SSSR count). The van der Waals surface area contributed by atoms with Crippen molar-refractivity contribution in [1.82, 2.24) is 0 Å². The first-order chi connectivity index (χ1) is 15.9. The zero-order valence-electron chi connectivity index (χ0n) is 22.2. The molecule has 2 aromatic carbocycles. The number of unbranched alkanes of at least 4 members (excludes halogenated alkanes) is 2. The number of hydrogen-bond donors (Lipinski definition) is 0. The molecule has 0 radical (unpaired) electrons. The van der Waals surface area contributed by atoms with Crippen molar-refractivity contribution in [3.63, 3.8) is 0 Å². The van der Waals surface area contributed by atoms with Gasteiger partial charge in [-0.1, -0.05) is 108 Å². The van der Waals surface area contributed by atoms with Crippen LogP contribution >= 0.6 is 0 Å². The van der Waals surface area contributed by atoms with Crippen LogP contribution in [-0.4, -0.2) is 0 Å². The highest BCUT2D eigenvalue weighted by molar-refractivity contribution is 5.64. The predicted octanol–water partition coefficient (Wildman–Crippen LogP) is 8.76. The van der Waals surface area contributed by atoms with Crippen molar-refractivity contribution in [2.45, 2.75) is 90.9 Å². The molecule has 0 nitrogen and oxygen atoms in total. The molecule has 29 heavy (non-hydrogen) atoms. The molecule has 1 heteroatoms. The largest absolute Gasteiger partial charge is 0.206 e. The molecular formula is C28H39F. The third-order valence-corrected chi connectivity index (χ3v) is 6.49. The molecule has 1 aliphatic rings. The number of hydrogen-bond acceptors (Lipinski definition) is 0. The Bertz CT molecular complexity index is 903. The predicted molar refractivity (Wildman–Crippen MR) is 124 cm³/mol. The van der Waals surface area contributed by atoms with Gasteiger partial charge in [0, 0.05) is 5.56 Å². The van der Waals surface area contributed by atoms with E-state index in [1.54, 1.807) is 12.1 Å². The van der Waals surface area contributed by atoms with Crippen LogP contribution in [0.25, 0.3) is 11.1 Å². The zero-order chi connectivity index (χ0) is 24.0. The Balaban J connectivity index is 1.72. The third kappa shape index (κ3) is 6.69. The fourth-order valence-electron chi connectivity index (χ4n) is 4.63. The maximum absolute atomic E-state index is 15.3. The third-order valence-electron chi connectivity index (χ3n) is 6.49. The van der Waals surface area contributed by atoms with Gasteiger partial charge in [0.05, 0.1) is 5.48 Å². The molecular weight excluding hydrogens is 355 g/mol. The Labute approximate surface area is 183 Å². The molecule has 1 saturated carbocycles. The quantitative estimate of drug-likeness (QED) is 0.351. The van der Waals surface area contributed by atoms with Gasteiger partial charge in [0.1, 0.15) is 5.82 Å². The highest BCUT2D eigenvalue weighted by Crippen LogP contribution is 2.34. The highest BCUT2D eigenvalue weighted by atomic mass is 19.1. The Morgan fingerprint density at radius 3 is 2.28 bits per heavy atom. The van der Waals surface area contributed by atoms with Crippen LogP contribution in [0.4, 0.5) is 4.39 Å². The molecule has 0 heterocycles. The summed E-state index contributed by atoms with van der Waals surface area (Å²) in [5, 5.41) is 0. The van der Waals surface area contributed by atoms with Crippen molar-refractivity contribution in [1.29, 1.82) is 0 Å². The van der Waals surface area contributed by atoms with E-state index in [2.05, 4.69) is 13.8 Å². The first-order valence-electron chi connectivity index (χ1n) is 13.7. The number of rotatable bonds is 10. The van der Waals surface area contributed by atoms with Crippen molar-refractivity contribution in [2.24, 2.45) is 11.8 Å². The summed E-state index contributed by atoms with van der Waals surface area (Å²) in [6, 6.07) is 4.86. The molecule has 0 saturated heterocycles.